The minimum atomic E-state index is -1.58. The zero-order chi connectivity index (χ0) is 17.2. The van der Waals surface area contributed by atoms with Gasteiger partial charge in [0.2, 0.25) is 5.78 Å². The molecule has 2 aliphatic heterocycles. The van der Waals surface area contributed by atoms with Crippen LogP contribution in [0.2, 0.25) is 5.02 Å². The molecule has 1 saturated heterocycles. The predicted molar refractivity (Wildman–Crippen MR) is 102 cm³/mol. The Bertz CT molecular complexity index is 1070. The number of hydrogen-bond acceptors (Lipinski definition) is 5. The number of Topliss-reactive ketones (excluding diaryl/α,β-unsaturated/α-hetero) is 1. The summed E-state index contributed by atoms with van der Waals surface area (Å²) in [5, 5.41) is 14.7. The summed E-state index contributed by atoms with van der Waals surface area (Å²) in [5.74, 6) is 0.0796. The van der Waals surface area contributed by atoms with E-state index in [0.29, 0.717) is 35.1 Å². The third-order valence-electron chi connectivity index (χ3n) is 4.88. The average Bonchev–Trinajstić information content (AvgIpc) is 3.20. The maximum atomic E-state index is 12.9. The van der Waals surface area contributed by atoms with Crippen LogP contribution in [0.25, 0.3) is 10.1 Å². The van der Waals surface area contributed by atoms with Gasteiger partial charge in [0.15, 0.2) is 5.60 Å². The molecule has 6 heteroatoms. The van der Waals surface area contributed by atoms with E-state index in [2.05, 4.69) is 28.6 Å². The number of hydrogen-bond donors (Lipinski definition) is 1. The van der Waals surface area contributed by atoms with E-state index < -0.39 is 5.60 Å². The van der Waals surface area contributed by atoms with E-state index in [1.165, 1.54) is 4.70 Å². The number of ketones is 1. The molecule has 0 aliphatic carbocycles. The summed E-state index contributed by atoms with van der Waals surface area (Å²) < 4.78 is 1.21. The van der Waals surface area contributed by atoms with E-state index in [0.717, 1.165) is 11.1 Å². The molecule has 2 aliphatic rings. The zero-order valence-electron chi connectivity index (χ0n) is 13.1. The van der Waals surface area contributed by atoms with Crippen molar-refractivity contribution < 1.29 is 9.90 Å². The van der Waals surface area contributed by atoms with Gasteiger partial charge in [0.05, 0.1) is 5.69 Å². The summed E-state index contributed by atoms with van der Waals surface area (Å²) in [4.78, 5) is 19.5. The number of carbonyl (C=O) groups is 1. The highest BCUT2D eigenvalue weighted by molar-refractivity contribution is 7.17. The highest BCUT2D eigenvalue weighted by Gasteiger charge is 2.52. The van der Waals surface area contributed by atoms with Crippen molar-refractivity contribution in [3.8, 4) is 0 Å². The second-order valence-corrected chi connectivity index (χ2v) is 7.71. The van der Waals surface area contributed by atoms with Crippen molar-refractivity contribution in [1.82, 2.24) is 0 Å². The van der Waals surface area contributed by atoms with Crippen molar-refractivity contribution in [3.63, 3.8) is 0 Å². The van der Waals surface area contributed by atoms with Crippen molar-refractivity contribution >= 4 is 56.0 Å². The van der Waals surface area contributed by atoms with Crippen LogP contribution in [0.1, 0.15) is 16.8 Å². The normalized spacial score (nSPS) is 22.1. The first kappa shape index (κ1) is 15.1. The molecule has 25 heavy (non-hydrogen) atoms. The van der Waals surface area contributed by atoms with Crippen LogP contribution in [0, 0.1) is 0 Å². The Labute approximate surface area is 153 Å². The summed E-state index contributed by atoms with van der Waals surface area (Å²) in [6, 6.07) is 13.2. The van der Waals surface area contributed by atoms with Gasteiger partial charge in [-0.3, -0.25) is 4.79 Å². The van der Waals surface area contributed by atoms with Crippen molar-refractivity contribution in [3.05, 3.63) is 58.4 Å². The van der Waals surface area contributed by atoms with Crippen LogP contribution in [0.3, 0.4) is 0 Å². The molecule has 0 bridgehead atoms. The topological polar surface area (TPSA) is 52.9 Å². The molecule has 0 radical (unpaired) electrons. The number of halogens is 1. The van der Waals surface area contributed by atoms with Crippen molar-refractivity contribution in [2.24, 2.45) is 4.99 Å². The largest absolute Gasteiger partial charge is 0.374 e. The standard InChI is InChI=1S/C19H13ClN2O2S/c20-12-1-3-15-14(10-12)17(23)19(24)6-7-22(18(19)21-15)13-2-4-16-11(9-13)5-8-25-16/h1-5,8-10,24H,6-7H2/t19-/m1/s1. The van der Waals surface area contributed by atoms with Gasteiger partial charge in [-0.1, -0.05) is 11.6 Å². The second-order valence-electron chi connectivity index (χ2n) is 6.33. The predicted octanol–water partition coefficient (Wildman–Crippen LogP) is 4.42. The summed E-state index contributed by atoms with van der Waals surface area (Å²) in [6.07, 6.45) is 0.318. The lowest BCUT2D eigenvalue weighted by molar-refractivity contribution is 0.0602. The van der Waals surface area contributed by atoms with Crippen molar-refractivity contribution in [2.75, 3.05) is 11.4 Å². The Morgan fingerprint density at radius 3 is 2.96 bits per heavy atom. The summed E-state index contributed by atoms with van der Waals surface area (Å²) >= 11 is 7.70. The lowest BCUT2D eigenvalue weighted by atomic mass is 9.87. The lowest BCUT2D eigenvalue weighted by Crippen LogP contribution is -2.48. The molecule has 3 heterocycles. The molecule has 1 aromatic heterocycles. The van der Waals surface area contributed by atoms with Crippen LogP contribution < -0.4 is 4.90 Å². The fourth-order valence-corrected chi connectivity index (χ4v) is 4.52. The number of anilines is 1. The second kappa shape index (κ2) is 5.14. The Kier molecular flexibility index (Phi) is 3.10. The van der Waals surface area contributed by atoms with Crippen molar-refractivity contribution in [2.45, 2.75) is 12.0 Å². The number of aliphatic hydroxyl groups is 1. The molecule has 1 N–H and O–H groups in total. The minimum absolute atomic E-state index is 0.318. The molecule has 3 aromatic rings. The Morgan fingerprint density at radius 1 is 1.20 bits per heavy atom. The van der Waals surface area contributed by atoms with Gasteiger partial charge < -0.3 is 10.0 Å². The number of fused-ring (bicyclic) bond motifs is 3. The van der Waals surface area contributed by atoms with E-state index in [4.69, 9.17) is 11.6 Å². The van der Waals surface area contributed by atoms with E-state index >= 15 is 0 Å². The van der Waals surface area contributed by atoms with Gasteiger partial charge in [0, 0.05) is 33.9 Å². The van der Waals surface area contributed by atoms with Crippen molar-refractivity contribution in [1.29, 1.82) is 0 Å². The van der Waals surface area contributed by atoms with Crippen LogP contribution >= 0.6 is 22.9 Å². The number of rotatable bonds is 1. The Hall–Kier alpha value is -2.21. The van der Waals surface area contributed by atoms with Gasteiger partial charge in [-0.05, 0) is 53.2 Å². The highest BCUT2D eigenvalue weighted by Crippen LogP contribution is 2.40. The molecule has 1 atom stereocenters. The van der Waals surface area contributed by atoms with Crippen LogP contribution in [0.15, 0.2) is 52.8 Å². The van der Waals surface area contributed by atoms with E-state index in [1.807, 2.05) is 11.0 Å². The Balaban J connectivity index is 1.67. The first-order valence-electron chi connectivity index (χ1n) is 7.97. The quantitative estimate of drug-likeness (QED) is 0.691. The first-order valence-corrected chi connectivity index (χ1v) is 9.23. The van der Waals surface area contributed by atoms with E-state index in [1.54, 1.807) is 29.5 Å². The third kappa shape index (κ3) is 2.10. The van der Waals surface area contributed by atoms with Crippen LogP contribution in [-0.2, 0) is 0 Å². The minimum Gasteiger partial charge on any atom is -0.374 e. The van der Waals surface area contributed by atoms with Gasteiger partial charge in [0.25, 0.3) is 0 Å². The number of aliphatic imine (C=N–C) groups is 1. The number of amidine groups is 1. The van der Waals surface area contributed by atoms with Gasteiger partial charge >= 0.3 is 0 Å². The molecular formula is C19H13ClN2O2S. The SMILES string of the molecule is O=C1c2cc(Cl)ccc2N=C2N(c3ccc4sccc4c3)CC[C@@]12O. The zero-order valence-corrected chi connectivity index (χ0v) is 14.6. The number of benzene rings is 2. The molecule has 1 fully saturated rings. The van der Waals surface area contributed by atoms with Crippen LogP contribution in [-0.4, -0.2) is 28.9 Å². The maximum absolute atomic E-state index is 12.9. The molecule has 124 valence electrons. The fourth-order valence-electron chi connectivity index (χ4n) is 3.58. The molecule has 0 amide bonds. The Morgan fingerprint density at radius 2 is 2.08 bits per heavy atom. The molecule has 0 spiro atoms. The number of thiophene rings is 1. The van der Waals surface area contributed by atoms with Gasteiger partial charge in [-0.25, -0.2) is 4.99 Å². The fraction of sp³-hybridized carbons (Fsp3) is 0.158. The third-order valence-corrected chi connectivity index (χ3v) is 6.01. The number of nitrogens with zero attached hydrogens (tertiary/aromatic N) is 2. The average molecular weight is 369 g/mol. The van der Waals surface area contributed by atoms with Gasteiger partial charge in [-0.15, -0.1) is 11.3 Å². The van der Waals surface area contributed by atoms with Gasteiger partial charge in [0.1, 0.15) is 5.84 Å². The first-order chi connectivity index (χ1) is 12.1. The molecule has 0 unspecified atom stereocenters. The molecule has 2 aromatic carbocycles. The summed E-state index contributed by atoms with van der Waals surface area (Å²) in [7, 11) is 0. The molecular weight excluding hydrogens is 356 g/mol. The number of carbonyl (C=O) groups excluding carboxylic acids is 1. The maximum Gasteiger partial charge on any atom is 0.204 e. The van der Waals surface area contributed by atoms with E-state index in [-0.39, 0.29) is 5.78 Å². The summed E-state index contributed by atoms with van der Waals surface area (Å²) in [6.45, 7) is 0.540. The highest BCUT2D eigenvalue weighted by atomic mass is 35.5. The molecule has 4 nitrogen and oxygen atoms in total. The molecule has 0 saturated carbocycles. The summed E-state index contributed by atoms with van der Waals surface area (Å²) in [5.41, 5.74) is 0.290. The lowest BCUT2D eigenvalue weighted by Gasteiger charge is -2.29. The van der Waals surface area contributed by atoms with Crippen LogP contribution in [0.4, 0.5) is 11.4 Å². The smallest absolute Gasteiger partial charge is 0.204 e. The monoisotopic (exact) mass is 368 g/mol. The van der Waals surface area contributed by atoms with Crippen LogP contribution in [0.5, 0.6) is 0 Å². The van der Waals surface area contributed by atoms with E-state index in [9.17, 15) is 9.90 Å². The van der Waals surface area contributed by atoms with Gasteiger partial charge in [-0.2, -0.15) is 0 Å². The molecule has 5 rings (SSSR count).